The predicted molar refractivity (Wildman–Crippen MR) is 99.3 cm³/mol. The van der Waals surface area contributed by atoms with E-state index < -0.39 is 9.84 Å². The van der Waals surface area contributed by atoms with Gasteiger partial charge >= 0.3 is 0 Å². The van der Waals surface area contributed by atoms with Crippen LogP contribution in [0.2, 0.25) is 0 Å². The number of hydrogen-bond acceptors (Lipinski definition) is 8. The van der Waals surface area contributed by atoms with Gasteiger partial charge in [-0.1, -0.05) is 0 Å². The zero-order valence-corrected chi connectivity index (χ0v) is 15.6. The monoisotopic (exact) mass is 389 g/mol. The molecule has 4 aromatic rings. The van der Waals surface area contributed by atoms with Crippen molar-refractivity contribution in [3.63, 3.8) is 0 Å². The summed E-state index contributed by atoms with van der Waals surface area (Å²) in [5.41, 5.74) is 3.78. The topological polar surface area (TPSA) is 118 Å². The second-order valence-electron chi connectivity index (χ2n) is 5.93. The van der Waals surface area contributed by atoms with Crippen LogP contribution >= 0.6 is 11.5 Å². The number of rotatable bonds is 5. The maximum absolute atomic E-state index is 11.4. The molecule has 134 valence electrons. The maximum Gasteiger partial charge on any atom is 0.180 e. The number of nitrogens with one attached hydrogen (secondary N) is 2. The third kappa shape index (κ3) is 3.30. The van der Waals surface area contributed by atoms with Gasteiger partial charge in [-0.3, -0.25) is 9.50 Å². The van der Waals surface area contributed by atoms with Crippen molar-refractivity contribution in [3.8, 4) is 11.3 Å². The van der Waals surface area contributed by atoms with Crippen LogP contribution in [0, 0.1) is 6.92 Å². The molecule has 0 saturated carbocycles. The molecule has 0 aliphatic heterocycles. The molecule has 0 aliphatic carbocycles. The van der Waals surface area contributed by atoms with Crippen LogP contribution in [0.1, 0.15) is 11.4 Å². The van der Waals surface area contributed by atoms with Gasteiger partial charge in [-0.05, 0) is 24.5 Å². The third-order valence-electron chi connectivity index (χ3n) is 3.62. The number of aryl methyl sites for hydroxylation is 1. The van der Waals surface area contributed by atoms with Crippen LogP contribution in [0.5, 0.6) is 0 Å². The van der Waals surface area contributed by atoms with E-state index in [1.165, 1.54) is 17.8 Å². The number of nitrogens with zero attached hydrogens (tertiary/aromatic N) is 5. The summed E-state index contributed by atoms with van der Waals surface area (Å²) in [6, 6.07) is 1.71. The summed E-state index contributed by atoms with van der Waals surface area (Å²) in [6.45, 7) is 1.89. The predicted octanol–water partition coefficient (Wildman–Crippen LogP) is 2.17. The Labute approximate surface area is 153 Å². The second-order valence-corrected chi connectivity index (χ2v) is 8.88. The van der Waals surface area contributed by atoms with E-state index in [0.29, 0.717) is 22.2 Å². The first-order chi connectivity index (χ1) is 12.4. The van der Waals surface area contributed by atoms with Gasteiger partial charge in [-0.2, -0.15) is 9.47 Å². The van der Waals surface area contributed by atoms with Crippen molar-refractivity contribution in [1.29, 1.82) is 0 Å². The molecule has 0 atom stereocenters. The molecular formula is C15H15N7O2S2. The maximum atomic E-state index is 11.4. The summed E-state index contributed by atoms with van der Waals surface area (Å²) in [7, 11) is -3.12. The highest BCUT2D eigenvalue weighted by molar-refractivity contribution is 7.89. The van der Waals surface area contributed by atoms with Crippen molar-refractivity contribution < 1.29 is 8.42 Å². The van der Waals surface area contributed by atoms with Crippen molar-refractivity contribution in [2.24, 2.45) is 0 Å². The highest BCUT2D eigenvalue weighted by Gasteiger charge is 2.14. The Morgan fingerprint density at radius 1 is 1.35 bits per heavy atom. The summed E-state index contributed by atoms with van der Waals surface area (Å²) < 4.78 is 28.9. The van der Waals surface area contributed by atoms with E-state index in [-0.39, 0.29) is 5.75 Å². The number of imidazole rings is 1. The minimum absolute atomic E-state index is 0.0874. The Morgan fingerprint density at radius 3 is 2.92 bits per heavy atom. The summed E-state index contributed by atoms with van der Waals surface area (Å²) in [5, 5.41) is 10.7. The summed E-state index contributed by atoms with van der Waals surface area (Å²) in [4.78, 5) is 8.98. The van der Waals surface area contributed by atoms with Crippen molar-refractivity contribution in [1.82, 2.24) is 28.9 Å². The quantitative estimate of drug-likeness (QED) is 0.537. The second kappa shape index (κ2) is 6.18. The van der Waals surface area contributed by atoms with Gasteiger partial charge in [0.15, 0.2) is 21.3 Å². The van der Waals surface area contributed by atoms with E-state index in [1.807, 2.05) is 17.5 Å². The van der Waals surface area contributed by atoms with Crippen LogP contribution < -0.4 is 5.32 Å². The fraction of sp³-hybridized carbons (Fsp3) is 0.200. The van der Waals surface area contributed by atoms with Gasteiger partial charge in [0.2, 0.25) is 0 Å². The lowest BCUT2D eigenvalue weighted by Gasteiger charge is -2.07. The van der Waals surface area contributed by atoms with Crippen molar-refractivity contribution in [2.75, 3.05) is 11.6 Å². The van der Waals surface area contributed by atoms with Gasteiger partial charge in [0.1, 0.15) is 5.00 Å². The number of H-pyrrole nitrogens is 1. The Kier molecular flexibility index (Phi) is 3.96. The van der Waals surface area contributed by atoms with E-state index in [2.05, 4.69) is 29.9 Å². The van der Waals surface area contributed by atoms with Crippen LogP contribution in [0.4, 0.5) is 10.8 Å². The normalized spacial score (nSPS) is 11.9. The van der Waals surface area contributed by atoms with Gasteiger partial charge in [0, 0.05) is 24.2 Å². The molecule has 0 bridgehead atoms. The van der Waals surface area contributed by atoms with Crippen molar-refractivity contribution in [3.05, 3.63) is 42.2 Å². The lowest BCUT2D eigenvalue weighted by Crippen LogP contribution is -2.01. The summed E-state index contributed by atoms with van der Waals surface area (Å²) in [6.07, 6.45) is 8.37. The molecule has 11 heteroatoms. The first-order valence-electron chi connectivity index (χ1n) is 7.63. The van der Waals surface area contributed by atoms with E-state index in [1.54, 1.807) is 24.7 Å². The zero-order valence-electron chi connectivity index (χ0n) is 14.0. The van der Waals surface area contributed by atoms with Gasteiger partial charge in [-0.15, -0.1) is 0 Å². The van der Waals surface area contributed by atoms with Crippen molar-refractivity contribution >= 4 is 37.8 Å². The number of anilines is 2. The molecule has 4 rings (SSSR count). The lowest BCUT2D eigenvalue weighted by atomic mass is 10.3. The lowest BCUT2D eigenvalue weighted by molar-refractivity contribution is 0.600. The molecule has 0 aliphatic rings. The molecular weight excluding hydrogens is 374 g/mol. The molecule has 0 aromatic carbocycles. The molecule has 4 heterocycles. The summed E-state index contributed by atoms with van der Waals surface area (Å²) >= 11 is 1.19. The van der Waals surface area contributed by atoms with Gasteiger partial charge in [0.25, 0.3) is 0 Å². The SMILES string of the molecule is Cc1cn2c(-c3cn[nH]c3)cnc2c(Nc2cc(CS(C)(=O)=O)ns2)n1. The van der Waals surface area contributed by atoms with Crippen LogP contribution in [0.3, 0.4) is 0 Å². The van der Waals surface area contributed by atoms with Crippen LogP contribution in [-0.4, -0.2) is 43.6 Å². The fourth-order valence-corrected chi connectivity index (χ4v) is 4.05. The molecule has 9 nitrogen and oxygen atoms in total. The average Bonchev–Trinajstić information content (AvgIpc) is 3.25. The molecule has 0 radical (unpaired) electrons. The van der Waals surface area contributed by atoms with Gasteiger partial charge in [0.05, 0.1) is 35.2 Å². The summed E-state index contributed by atoms with van der Waals surface area (Å²) in [5.74, 6) is 0.491. The molecule has 26 heavy (non-hydrogen) atoms. The smallest absolute Gasteiger partial charge is 0.180 e. The number of hydrogen-bond donors (Lipinski definition) is 2. The number of aromatic nitrogens is 6. The molecule has 4 aromatic heterocycles. The fourth-order valence-electron chi connectivity index (χ4n) is 2.62. The van der Waals surface area contributed by atoms with Crippen LogP contribution in [0.25, 0.3) is 16.9 Å². The van der Waals surface area contributed by atoms with Crippen LogP contribution in [0.15, 0.2) is 30.9 Å². The van der Waals surface area contributed by atoms with E-state index in [0.717, 1.165) is 17.0 Å². The minimum atomic E-state index is -3.12. The number of fused-ring (bicyclic) bond motifs is 1. The first kappa shape index (κ1) is 16.7. The van der Waals surface area contributed by atoms with Crippen LogP contribution in [-0.2, 0) is 15.6 Å². The molecule has 0 spiro atoms. The number of sulfone groups is 1. The van der Waals surface area contributed by atoms with E-state index >= 15 is 0 Å². The molecule has 2 N–H and O–H groups in total. The highest BCUT2D eigenvalue weighted by Crippen LogP contribution is 2.27. The minimum Gasteiger partial charge on any atom is -0.328 e. The Bertz CT molecular complexity index is 1180. The largest absolute Gasteiger partial charge is 0.328 e. The van der Waals surface area contributed by atoms with E-state index in [4.69, 9.17) is 0 Å². The van der Waals surface area contributed by atoms with Gasteiger partial charge < -0.3 is 5.32 Å². The molecule has 0 saturated heterocycles. The molecule has 0 fully saturated rings. The molecule has 0 amide bonds. The van der Waals surface area contributed by atoms with Gasteiger partial charge in [-0.25, -0.2) is 18.4 Å². The Balaban J connectivity index is 1.71. The molecule has 0 unspecified atom stereocenters. The Morgan fingerprint density at radius 2 is 2.19 bits per heavy atom. The Hall–Kier alpha value is -2.79. The zero-order chi connectivity index (χ0) is 18.3. The third-order valence-corrected chi connectivity index (χ3v) is 5.18. The van der Waals surface area contributed by atoms with Crippen molar-refractivity contribution in [2.45, 2.75) is 12.7 Å². The first-order valence-corrected chi connectivity index (χ1v) is 10.5. The standard InChI is InChI=1S/C15H15N7O2S2/c1-9-7-22-12(10-4-17-18-5-10)6-16-15(22)14(19-9)20-13-3-11(21-25-13)8-26(2,23)24/h3-7H,8H2,1-2H3,(H,17,18)(H,19,20). The number of aromatic amines is 1. The average molecular weight is 389 g/mol. The highest BCUT2D eigenvalue weighted by atomic mass is 32.2. The van der Waals surface area contributed by atoms with E-state index in [9.17, 15) is 8.42 Å².